The van der Waals surface area contributed by atoms with Crippen LogP contribution in [0.1, 0.15) is 30.8 Å². The standard InChI is InChI=1S/C19H15F2N5O/c1-11(13-7-6-12-4-2-3-5-14(12)8-13)24-19-22-9-15(10-23-19)17-25-26-18(27-17)16(20)21/h2-11,16H,1H3,(H,22,23,24). The number of anilines is 1. The fourth-order valence-electron chi connectivity index (χ4n) is 2.71. The molecular formula is C19H15F2N5O. The summed E-state index contributed by atoms with van der Waals surface area (Å²) in [5.41, 5.74) is 1.47. The third-order valence-corrected chi connectivity index (χ3v) is 4.15. The van der Waals surface area contributed by atoms with Crippen LogP contribution in [0.25, 0.3) is 22.2 Å². The van der Waals surface area contributed by atoms with Gasteiger partial charge >= 0.3 is 6.43 Å². The molecule has 1 atom stereocenters. The van der Waals surface area contributed by atoms with Gasteiger partial charge in [-0.1, -0.05) is 36.4 Å². The van der Waals surface area contributed by atoms with Crippen molar-refractivity contribution in [2.75, 3.05) is 5.32 Å². The van der Waals surface area contributed by atoms with E-state index in [1.807, 2.05) is 19.1 Å². The van der Waals surface area contributed by atoms with Crippen LogP contribution >= 0.6 is 0 Å². The maximum Gasteiger partial charge on any atom is 0.314 e. The van der Waals surface area contributed by atoms with E-state index < -0.39 is 12.3 Å². The number of hydrogen-bond acceptors (Lipinski definition) is 6. The lowest BCUT2D eigenvalue weighted by atomic mass is 10.0. The largest absolute Gasteiger partial charge is 0.415 e. The van der Waals surface area contributed by atoms with Crippen molar-refractivity contribution in [3.05, 3.63) is 66.3 Å². The smallest absolute Gasteiger partial charge is 0.314 e. The van der Waals surface area contributed by atoms with Crippen LogP contribution in [0.3, 0.4) is 0 Å². The van der Waals surface area contributed by atoms with Gasteiger partial charge in [-0.25, -0.2) is 9.97 Å². The molecule has 4 aromatic rings. The Morgan fingerprint density at radius 1 is 0.963 bits per heavy atom. The molecule has 0 amide bonds. The van der Waals surface area contributed by atoms with Gasteiger partial charge in [0.2, 0.25) is 5.95 Å². The monoisotopic (exact) mass is 367 g/mol. The lowest BCUT2D eigenvalue weighted by molar-refractivity contribution is 0.116. The summed E-state index contributed by atoms with van der Waals surface area (Å²) in [6.07, 6.45) is 0.0899. The molecule has 2 aromatic carbocycles. The van der Waals surface area contributed by atoms with Gasteiger partial charge in [-0.3, -0.25) is 0 Å². The number of rotatable bonds is 5. The van der Waals surface area contributed by atoms with Gasteiger partial charge in [0, 0.05) is 12.4 Å². The van der Waals surface area contributed by atoms with E-state index in [4.69, 9.17) is 4.42 Å². The van der Waals surface area contributed by atoms with Crippen molar-refractivity contribution in [1.29, 1.82) is 0 Å². The second-order valence-corrected chi connectivity index (χ2v) is 6.01. The number of alkyl halides is 2. The zero-order valence-electron chi connectivity index (χ0n) is 14.3. The van der Waals surface area contributed by atoms with Crippen molar-refractivity contribution >= 4 is 16.7 Å². The van der Waals surface area contributed by atoms with Crippen LogP contribution in [0, 0.1) is 0 Å². The number of fused-ring (bicyclic) bond motifs is 1. The Morgan fingerprint density at radius 2 is 1.70 bits per heavy atom. The van der Waals surface area contributed by atoms with Crippen LogP contribution in [0.4, 0.5) is 14.7 Å². The third kappa shape index (κ3) is 3.59. The maximum atomic E-state index is 12.5. The Bertz CT molecular complexity index is 1070. The van der Waals surface area contributed by atoms with Crippen molar-refractivity contribution in [1.82, 2.24) is 20.2 Å². The van der Waals surface area contributed by atoms with Crippen LogP contribution in [-0.2, 0) is 0 Å². The van der Waals surface area contributed by atoms with Gasteiger partial charge in [-0.2, -0.15) is 8.78 Å². The first-order valence-corrected chi connectivity index (χ1v) is 8.29. The fourth-order valence-corrected chi connectivity index (χ4v) is 2.71. The van der Waals surface area contributed by atoms with Gasteiger partial charge in [0.1, 0.15) is 0 Å². The van der Waals surface area contributed by atoms with E-state index in [0.717, 1.165) is 10.9 Å². The predicted molar refractivity (Wildman–Crippen MR) is 96.3 cm³/mol. The van der Waals surface area contributed by atoms with E-state index >= 15 is 0 Å². The first-order valence-electron chi connectivity index (χ1n) is 8.29. The first kappa shape index (κ1) is 17.0. The zero-order valence-corrected chi connectivity index (χ0v) is 14.3. The highest BCUT2D eigenvalue weighted by atomic mass is 19.3. The molecule has 0 aliphatic carbocycles. The highest BCUT2D eigenvalue weighted by Crippen LogP contribution is 2.24. The van der Waals surface area contributed by atoms with Gasteiger partial charge in [0.25, 0.3) is 11.8 Å². The van der Waals surface area contributed by atoms with Gasteiger partial charge < -0.3 is 9.73 Å². The molecule has 2 heterocycles. The van der Waals surface area contributed by atoms with Gasteiger partial charge in [-0.05, 0) is 29.3 Å². The molecule has 0 fully saturated rings. The molecule has 1 N–H and O–H groups in total. The molecule has 0 saturated carbocycles. The average molecular weight is 367 g/mol. The normalized spacial score (nSPS) is 12.4. The van der Waals surface area contributed by atoms with Crippen LogP contribution in [0.5, 0.6) is 0 Å². The summed E-state index contributed by atoms with van der Waals surface area (Å²) in [7, 11) is 0. The van der Waals surface area contributed by atoms with Crippen LogP contribution < -0.4 is 5.32 Å². The topological polar surface area (TPSA) is 76.7 Å². The van der Waals surface area contributed by atoms with E-state index in [2.05, 4.69) is 55.8 Å². The highest BCUT2D eigenvalue weighted by molar-refractivity contribution is 5.83. The average Bonchev–Trinajstić information content (AvgIpc) is 3.19. The molecule has 1 unspecified atom stereocenters. The number of nitrogens with zero attached hydrogens (tertiary/aromatic N) is 4. The van der Waals surface area contributed by atoms with Crippen molar-refractivity contribution in [2.24, 2.45) is 0 Å². The minimum atomic E-state index is -2.81. The lowest BCUT2D eigenvalue weighted by Crippen LogP contribution is -2.09. The number of halogens is 2. The Kier molecular flexibility index (Phi) is 4.45. The van der Waals surface area contributed by atoms with Crippen LogP contribution in [-0.4, -0.2) is 20.2 Å². The molecule has 6 nitrogen and oxygen atoms in total. The molecule has 0 bridgehead atoms. The van der Waals surface area contributed by atoms with E-state index in [1.165, 1.54) is 17.8 Å². The quantitative estimate of drug-likeness (QED) is 0.546. The predicted octanol–water partition coefficient (Wildman–Crippen LogP) is 4.79. The van der Waals surface area contributed by atoms with Crippen LogP contribution in [0.2, 0.25) is 0 Å². The summed E-state index contributed by atoms with van der Waals surface area (Å²) < 4.78 is 29.9. The van der Waals surface area contributed by atoms with Crippen molar-refractivity contribution < 1.29 is 13.2 Å². The summed E-state index contributed by atoms with van der Waals surface area (Å²) in [6.45, 7) is 2.01. The second-order valence-electron chi connectivity index (χ2n) is 6.01. The molecular weight excluding hydrogens is 352 g/mol. The summed E-state index contributed by atoms with van der Waals surface area (Å²) in [4.78, 5) is 8.40. The lowest BCUT2D eigenvalue weighted by Gasteiger charge is -2.15. The van der Waals surface area contributed by atoms with E-state index in [1.54, 1.807) is 0 Å². The highest BCUT2D eigenvalue weighted by Gasteiger charge is 2.17. The molecule has 0 saturated heterocycles. The number of nitrogens with one attached hydrogen (secondary N) is 1. The Hall–Kier alpha value is -3.42. The van der Waals surface area contributed by atoms with Gasteiger partial charge in [-0.15, -0.1) is 10.2 Å². The molecule has 136 valence electrons. The van der Waals surface area contributed by atoms with E-state index in [-0.39, 0.29) is 11.9 Å². The minimum absolute atomic E-state index is 0.0192. The van der Waals surface area contributed by atoms with E-state index in [0.29, 0.717) is 11.5 Å². The summed E-state index contributed by atoms with van der Waals surface area (Å²) in [5, 5.41) is 12.4. The molecule has 8 heteroatoms. The number of hydrogen-bond donors (Lipinski definition) is 1. The van der Waals surface area contributed by atoms with E-state index in [9.17, 15) is 8.78 Å². The molecule has 27 heavy (non-hydrogen) atoms. The molecule has 0 spiro atoms. The molecule has 0 aliphatic heterocycles. The first-order chi connectivity index (χ1) is 13.1. The molecule has 2 aromatic heterocycles. The minimum Gasteiger partial charge on any atom is -0.415 e. The maximum absolute atomic E-state index is 12.5. The van der Waals surface area contributed by atoms with Gasteiger partial charge in [0.15, 0.2) is 0 Å². The SMILES string of the molecule is CC(Nc1ncc(-c2nnc(C(F)F)o2)cn1)c1ccc2ccccc2c1. The van der Waals surface area contributed by atoms with Crippen molar-refractivity contribution in [2.45, 2.75) is 19.4 Å². The van der Waals surface area contributed by atoms with Crippen molar-refractivity contribution in [3.8, 4) is 11.5 Å². The van der Waals surface area contributed by atoms with Crippen LogP contribution in [0.15, 0.2) is 59.3 Å². The fraction of sp³-hybridized carbons (Fsp3) is 0.158. The number of benzene rings is 2. The Labute approximate surface area is 153 Å². The van der Waals surface area contributed by atoms with Gasteiger partial charge in [0.05, 0.1) is 11.6 Å². The zero-order chi connectivity index (χ0) is 18.8. The van der Waals surface area contributed by atoms with Crippen molar-refractivity contribution in [3.63, 3.8) is 0 Å². The summed E-state index contributed by atoms with van der Waals surface area (Å²) in [5.74, 6) is -0.357. The molecule has 4 rings (SSSR count). The second kappa shape index (κ2) is 7.06. The number of aromatic nitrogens is 4. The summed E-state index contributed by atoms with van der Waals surface area (Å²) >= 11 is 0. The Balaban J connectivity index is 1.49. The molecule has 0 aliphatic rings. The third-order valence-electron chi connectivity index (χ3n) is 4.15. The Morgan fingerprint density at radius 3 is 2.41 bits per heavy atom. The molecule has 0 radical (unpaired) electrons. The summed E-state index contributed by atoms with van der Waals surface area (Å²) in [6, 6.07) is 14.4.